The van der Waals surface area contributed by atoms with Gasteiger partial charge in [-0.25, -0.2) is 13.1 Å². The molecule has 1 aromatic carbocycles. The van der Waals surface area contributed by atoms with E-state index in [4.69, 9.17) is 15.6 Å². The molecule has 1 rings (SSSR count). The van der Waals surface area contributed by atoms with Gasteiger partial charge in [-0.1, -0.05) is 6.07 Å². The van der Waals surface area contributed by atoms with Gasteiger partial charge in [0.1, 0.15) is 0 Å². The van der Waals surface area contributed by atoms with Crippen molar-refractivity contribution in [1.82, 2.24) is 4.72 Å². The van der Waals surface area contributed by atoms with Crippen LogP contribution in [0.25, 0.3) is 0 Å². The SMILES string of the molecule is Cc1cc(C)c(S(=O)(=O)NCCCOCCO)c(C)c1N. The lowest BCUT2D eigenvalue weighted by Crippen LogP contribution is -2.27. The molecule has 120 valence electrons. The van der Waals surface area contributed by atoms with E-state index >= 15 is 0 Å². The third-order valence-corrected chi connectivity index (χ3v) is 4.97. The van der Waals surface area contributed by atoms with Gasteiger partial charge in [-0.2, -0.15) is 0 Å². The lowest BCUT2D eigenvalue weighted by Gasteiger charge is -2.15. The molecule has 0 aliphatic carbocycles. The van der Waals surface area contributed by atoms with E-state index in [2.05, 4.69) is 4.72 Å². The van der Waals surface area contributed by atoms with Gasteiger partial charge in [-0.3, -0.25) is 0 Å². The number of nitrogen functional groups attached to an aromatic ring is 1. The van der Waals surface area contributed by atoms with Crippen LogP contribution in [0.5, 0.6) is 0 Å². The summed E-state index contributed by atoms with van der Waals surface area (Å²) >= 11 is 0. The summed E-state index contributed by atoms with van der Waals surface area (Å²) in [4.78, 5) is 0.252. The highest BCUT2D eigenvalue weighted by atomic mass is 32.2. The Morgan fingerprint density at radius 1 is 1.24 bits per heavy atom. The predicted octanol–water partition coefficient (Wildman–Crippen LogP) is 0.871. The monoisotopic (exact) mass is 316 g/mol. The van der Waals surface area contributed by atoms with Crippen LogP contribution in [0.1, 0.15) is 23.1 Å². The maximum atomic E-state index is 12.4. The molecule has 0 aliphatic heterocycles. The molecule has 21 heavy (non-hydrogen) atoms. The van der Waals surface area contributed by atoms with Crippen LogP contribution in [0.15, 0.2) is 11.0 Å². The number of aliphatic hydroxyl groups excluding tert-OH is 1. The van der Waals surface area contributed by atoms with Crippen LogP contribution >= 0.6 is 0 Å². The highest BCUT2D eigenvalue weighted by Crippen LogP contribution is 2.27. The van der Waals surface area contributed by atoms with Crippen LogP contribution < -0.4 is 10.5 Å². The van der Waals surface area contributed by atoms with E-state index in [0.29, 0.717) is 29.8 Å². The van der Waals surface area contributed by atoms with Crippen LogP contribution in [0.3, 0.4) is 0 Å². The molecule has 0 aliphatic rings. The van der Waals surface area contributed by atoms with Gasteiger partial charge in [-0.05, 0) is 43.9 Å². The average molecular weight is 316 g/mol. The molecule has 0 aromatic heterocycles. The summed E-state index contributed by atoms with van der Waals surface area (Å²) in [7, 11) is -3.59. The molecule has 0 radical (unpaired) electrons. The molecule has 1 aromatic rings. The Morgan fingerprint density at radius 3 is 2.52 bits per heavy atom. The first kappa shape index (κ1) is 17.9. The summed E-state index contributed by atoms with van der Waals surface area (Å²) in [5.41, 5.74) is 8.57. The zero-order valence-electron chi connectivity index (χ0n) is 12.8. The van der Waals surface area contributed by atoms with E-state index in [1.54, 1.807) is 19.9 Å². The van der Waals surface area contributed by atoms with Crippen molar-refractivity contribution in [2.45, 2.75) is 32.1 Å². The highest BCUT2D eigenvalue weighted by Gasteiger charge is 2.21. The quantitative estimate of drug-likeness (QED) is 0.488. The fraction of sp³-hybridized carbons (Fsp3) is 0.571. The number of benzene rings is 1. The number of aliphatic hydroxyl groups is 1. The number of anilines is 1. The Bertz CT molecular complexity index is 585. The second-order valence-corrected chi connectivity index (χ2v) is 6.67. The maximum Gasteiger partial charge on any atom is 0.241 e. The smallest absolute Gasteiger partial charge is 0.241 e. The minimum atomic E-state index is -3.59. The number of aryl methyl sites for hydroxylation is 2. The van der Waals surface area contributed by atoms with Crippen LogP contribution in [0.4, 0.5) is 5.69 Å². The summed E-state index contributed by atoms with van der Waals surface area (Å²) in [5.74, 6) is 0. The van der Waals surface area contributed by atoms with E-state index in [0.717, 1.165) is 5.56 Å². The lowest BCUT2D eigenvalue weighted by atomic mass is 10.1. The summed E-state index contributed by atoms with van der Waals surface area (Å²) in [6.45, 7) is 6.24. The number of rotatable bonds is 8. The largest absolute Gasteiger partial charge is 0.398 e. The molecule has 0 saturated carbocycles. The standard InChI is InChI=1S/C14H24N2O4S/c1-10-9-11(2)14(12(3)13(10)15)21(18,19)16-5-4-7-20-8-6-17/h9,16-17H,4-8,15H2,1-3H3. The molecule has 0 amide bonds. The molecule has 0 bridgehead atoms. The van der Waals surface area contributed by atoms with Crippen molar-refractivity contribution in [3.8, 4) is 0 Å². The summed E-state index contributed by atoms with van der Waals surface area (Å²) in [6, 6.07) is 1.78. The Morgan fingerprint density at radius 2 is 1.90 bits per heavy atom. The molecule has 0 atom stereocenters. The Labute approximate surface area is 126 Å². The second kappa shape index (κ2) is 7.74. The summed E-state index contributed by atoms with van der Waals surface area (Å²) in [5, 5.41) is 8.56. The third kappa shape index (κ3) is 4.67. The first-order chi connectivity index (χ1) is 9.81. The van der Waals surface area contributed by atoms with Crippen LogP contribution in [-0.2, 0) is 14.8 Å². The Hall–Kier alpha value is -1.15. The maximum absolute atomic E-state index is 12.4. The molecule has 0 fully saturated rings. The van der Waals surface area contributed by atoms with Gasteiger partial charge < -0.3 is 15.6 Å². The normalized spacial score (nSPS) is 11.8. The molecule has 7 heteroatoms. The number of nitrogens with one attached hydrogen (secondary N) is 1. The Balaban J connectivity index is 2.78. The number of sulfonamides is 1. The van der Waals surface area contributed by atoms with Crippen LogP contribution in [0.2, 0.25) is 0 Å². The van der Waals surface area contributed by atoms with E-state index < -0.39 is 10.0 Å². The molecule has 6 nitrogen and oxygen atoms in total. The fourth-order valence-electron chi connectivity index (χ4n) is 2.21. The first-order valence-electron chi connectivity index (χ1n) is 6.85. The van der Waals surface area contributed by atoms with E-state index in [1.807, 2.05) is 6.92 Å². The molecule has 4 N–H and O–H groups in total. The van der Waals surface area contributed by atoms with Crippen molar-refractivity contribution in [3.63, 3.8) is 0 Å². The number of nitrogens with two attached hydrogens (primary N) is 1. The topological polar surface area (TPSA) is 102 Å². The zero-order valence-corrected chi connectivity index (χ0v) is 13.6. The van der Waals surface area contributed by atoms with Gasteiger partial charge in [0, 0.05) is 18.8 Å². The molecular formula is C14H24N2O4S. The molecular weight excluding hydrogens is 292 g/mol. The summed E-state index contributed by atoms with van der Waals surface area (Å²) in [6.07, 6.45) is 0.540. The van der Waals surface area contributed by atoms with Crippen molar-refractivity contribution in [2.24, 2.45) is 0 Å². The number of hydrogen-bond donors (Lipinski definition) is 3. The molecule has 0 heterocycles. The first-order valence-corrected chi connectivity index (χ1v) is 8.34. The van der Waals surface area contributed by atoms with Crippen LogP contribution in [0, 0.1) is 20.8 Å². The number of ether oxygens (including phenoxy) is 1. The van der Waals surface area contributed by atoms with Crippen molar-refractivity contribution in [1.29, 1.82) is 0 Å². The summed E-state index contributed by atoms with van der Waals surface area (Å²) < 4.78 is 32.4. The zero-order chi connectivity index (χ0) is 16.0. The molecule has 0 unspecified atom stereocenters. The third-order valence-electron chi connectivity index (χ3n) is 3.22. The van der Waals surface area contributed by atoms with E-state index in [9.17, 15) is 8.42 Å². The van der Waals surface area contributed by atoms with Gasteiger partial charge in [0.05, 0.1) is 18.1 Å². The highest BCUT2D eigenvalue weighted by molar-refractivity contribution is 7.89. The fourth-order valence-corrected chi connectivity index (χ4v) is 3.77. The van der Waals surface area contributed by atoms with Crippen molar-refractivity contribution in [2.75, 3.05) is 32.1 Å². The van der Waals surface area contributed by atoms with Gasteiger partial charge in [0.15, 0.2) is 0 Å². The van der Waals surface area contributed by atoms with Crippen LogP contribution in [-0.4, -0.2) is 39.9 Å². The molecule has 0 saturated heterocycles. The van der Waals surface area contributed by atoms with Gasteiger partial charge in [0.25, 0.3) is 0 Å². The average Bonchev–Trinajstić information content (AvgIpc) is 2.40. The second-order valence-electron chi connectivity index (χ2n) is 4.97. The van der Waals surface area contributed by atoms with Gasteiger partial charge in [0.2, 0.25) is 10.0 Å². The van der Waals surface area contributed by atoms with E-state index in [1.165, 1.54) is 0 Å². The predicted molar refractivity (Wildman–Crippen MR) is 82.8 cm³/mol. The molecule has 0 spiro atoms. The Kier molecular flexibility index (Phi) is 6.60. The number of hydrogen-bond acceptors (Lipinski definition) is 5. The van der Waals surface area contributed by atoms with E-state index in [-0.39, 0.29) is 24.7 Å². The minimum absolute atomic E-state index is 0.0350. The van der Waals surface area contributed by atoms with Crippen molar-refractivity contribution >= 4 is 15.7 Å². The van der Waals surface area contributed by atoms with Gasteiger partial charge >= 0.3 is 0 Å². The van der Waals surface area contributed by atoms with Crippen molar-refractivity contribution in [3.05, 3.63) is 22.8 Å². The van der Waals surface area contributed by atoms with Crippen molar-refractivity contribution < 1.29 is 18.3 Å². The lowest BCUT2D eigenvalue weighted by molar-refractivity contribution is 0.0913. The van der Waals surface area contributed by atoms with Gasteiger partial charge in [-0.15, -0.1) is 0 Å². The minimum Gasteiger partial charge on any atom is -0.398 e.